The van der Waals surface area contributed by atoms with Gasteiger partial charge >= 0.3 is 47.4 Å². The van der Waals surface area contributed by atoms with Crippen molar-refractivity contribution in [3.8, 4) is 22.3 Å². The van der Waals surface area contributed by atoms with Crippen molar-refractivity contribution in [3.05, 3.63) is 109 Å². The summed E-state index contributed by atoms with van der Waals surface area (Å²) in [6, 6.07) is 38.5. The van der Waals surface area contributed by atoms with E-state index < -0.39 is 47.4 Å². The number of benzene rings is 4. The molecule has 0 heterocycles. The monoisotopic (exact) mass is 938 g/mol. The zero-order valence-corrected chi connectivity index (χ0v) is 32.8. The summed E-state index contributed by atoms with van der Waals surface area (Å²) in [6.45, 7) is 0. The molecule has 4 rings (SSSR count). The maximum absolute atomic E-state index is 10.4. The van der Waals surface area contributed by atoms with Crippen LogP contribution in [0.25, 0.3) is 22.3 Å². The number of hydrogen-bond donors (Lipinski definition) is 12. The minimum atomic E-state index is -5.14. The minimum absolute atomic E-state index is 1.25. The molecule has 0 fully saturated rings. The molecule has 0 saturated carbocycles. The quantitative estimate of drug-likeness (QED) is 0.0697. The van der Waals surface area contributed by atoms with Gasteiger partial charge in [0.15, 0.2) is 0 Å². The van der Waals surface area contributed by atoms with Gasteiger partial charge in [0, 0.05) is 9.79 Å². The van der Waals surface area contributed by atoms with Crippen molar-refractivity contribution < 1.29 is 111 Å². The summed E-state index contributed by atoms with van der Waals surface area (Å²) in [4.78, 5) is 86.1. The first kappa shape index (κ1) is 57.0. The third kappa shape index (κ3) is 58.6. The molecule has 4 aromatic carbocycles. The lowest BCUT2D eigenvalue weighted by Gasteiger charge is -2.11. The van der Waals surface area contributed by atoms with Crippen molar-refractivity contribution in [2.24, 2.45) is 0 Å². The zero-order valence-electron chi connectivity index (χ0n) is 26.6. The van der Waals surface area contributed by atoms with Crippen LogP contribution in [0.5, 0.6) is 0 Å². The molecule has 0 spiro atoms. The summed E-state index contributed by atoms with van der Waals surface area (Å²) >= 11 is 1.79. The number of rotatable bonds is 4. The Balaban J connectivity index is -0.000000735. The van der Waals surface area contributed by atoms with Crippen LogP contribution in [-0.2, 0) is 27.4 Å². The average molecular weight is 938 g/mol. The first-order valence-electron chi connectivity index (χ1n) is 12.9. The van der Waals surface area contributed by atoms with Crippen molar-refractivity contribution >= 4 is 59.2 Å². The van der Waals surface area contributed by atoms with Gasteiger partial charge in [-0.3, -0.25) is 58.7 Å². The van der Waals surface area contributed by atoms with Crippen LogP contribution in [0.3, 0.4) is 0 Å². The average Bonchev–Trinajstić information content (AvgIpc) is 2.94. The van der Waals surface area contributed by atoms with Gasteiger partial charge in [0.1, 0.15) is 0 Å². The highest BCUT2D eigenvalue weighted by molar-refractivity contribution is 7.99. The molecule has 0 bridgehead atoms. The van der Waals surface area contributed by atoms with Crippen LogP contribution < -0.4 is 0 Å². The van der Waals surface area contributed by atoms with Gasteiger partial charge in [0.2, 0.25) is 0 Å². The maximum atomic E-state index is 10.4. The van der Waals surface area contributed by atoms with Crippen LogP contribution in [0.2, 0.25) is 0 Å². The largest absolute Gasteiger partial charge is 0.507 e. The van der Waals surface area contributed by atoms with Crippen molar-refractivity contribution in [3.63, 3.8) is 0 Å². The van der Waals surface area contributed by atoms with Gasteiger partial charge in [-0.2, -0.15) is 0 Å². The third-order valence-electron chi connectivity index (χ3n) is 4.16. The molecule has 0 aliphatic rings. The molecule has 4 aromatic rings. The molecule has 0 unspecified atom stereocenters. The standard InChI is InChI=1S/C24H18S.6FH2O3P/c1-3-9-19(10-4-1)23-13-7-8-14-24(23)20-15-17-22(18-16-20)25-21-11-5-2-6-12-21;6*1-5(2,3)4/h1-18H;6*(H2,2,3,4). The molecule has 0 aliphatic heterocycles. The first-order chi connectivity index (χ1) is 24.4. The molecule has 12 N–H and O–H groups in total. The highest BCUT2D eigenvalue weighted by atomic mass is 32.2. The van der Waals surface area contributed by atoms with Crippen LogP contribution in [0.1, 0.15) is 0 Å². The first-order valence-corrected chi connectivity index (χ1v) is 22.7. The van der Waals surface area contributed by atoms with E-state index in [4.69, 9.17) is 86.1 Å². The molecule has 0 aromatic heterocycles. The van der Waals surface area contributed by atoms with E-state index in [-0.39, 0.29) is 0 Å². The van der Waals surface area contributed by atoms with Gasteiger partial charge in [-0.1, -0.05) is 96.7 Å². The SMILES string of the molecule is O=P(O)(O)F.O=P(O)(O)F.O=P(O)(O)F.O=P(O)(O)F.O=P(O)(O)F.O=P(O)(O)F.c1ccc(Sc2ccc(-c3ccccc3-c3ccccc3)cc2)cc1. The highest BCUT2D eigenvalue weighted by Crippen LogP contribution is 2.38. The summed E-state index contributed by atoms with van der Waals surface area (Å²) in [6.07, 6.45) is 0. The van der Waals surface area contributed by atoms with Crippen molar-refractivity contribution in [2.45, 2.75) is 9.79 Å². The molecule has 0 atom stereocenters. The Hall–Kier alpha value is -2.29. The Kier molecular flexibility index (Phi) is 27.6. The molecule has 0 radical (unpaired) electrons. The van der Waals surface area contributed by atoms with Crippen LogP contribution in [0.4, 0.5) is 25.2 Å². The van der Waals surface area contributed by atoms with Gasteiger partial charge in [0.05, 0.1) is 0 Å². The fraction of sp³-hybridized carbons (Fsp3) is 0. The summed E-state index contributed by atoms with van der Waals surface area (Å²) < 4.78 is 114. The van der Waals surface area contributed by atoms with E-state index in [9.17, 15) is 25.2 Å². The number of hydrogen-bond acceptors (Lipinski definition) is 7. The minimum Gasteiger partial charge on any atom is -0.299 e. The summed E-state index contributed by atoms with van der Waals surface area (Å²) in [5.41, 5.74) is 5.04. The van der Waals surface area contributed by atoms with Crippen molar-refractivity contribution in [1.29, 1.82) is 0 Å². The lowest BCUT2D eigenvalue weighted by atomic mass is 9.95. The van der Waals surface area contributed by atoms with Gasteiger partial charge in [-0.15, -0.1) is 25.2 Å². The predicted molar refractivity (Wildman–Crippen MR) is 187 cm³/mol. The van der Waals surface area contributed by atoms with Gasteiger partial charge in [-0.25, -0.2) is 27.4 Å². The second-order valence-corrected chi connectivity index (χ2v) is 15.5. The van der Waals surface area contributed by atoms with E-state index in [1.165, 1.54) is 32.0 Å². The molecule has 31 heteroatoms. The molecular weight excluding hydrogens is 908 g/mol. The van der Waals surface area contributed by atoms with E-state index in [0.717, 1.165) is 0 Å². The topological polar surface area (TPSA) is 345 Å². The van der Waals surface area contributed by atoms with Crippen LogP contribution in [0.15, 0.2) is 119 Å². The van der Waals surface area contributed by atoms with Crippen LogP contribution >= 0.6 is 59.2 Å². The van der Waals surface area contributed by atoms with E-state index in [1.54, 1.807) is 11.8 Å². The maximum Gasteiger partial charge on any atom is 0.507 e. The smallest absolute Gasteiger partial charge is 0.299 e. The highest BCUT2D eigenvalue weighted by Gasteiger charge is 2.09. The molecule has 18 nitrogen and oxygen atoms in total. The van der Waals surface area contributed by atoms with E-state index in [0.29, 0.717) is 0 Å². The zero-order chi connectivity index (χ0) is 43.9. The van der Waals surface area contributed by atoms with Gasteiger partial charge in [-0.05, 0) is 46.5 Å². The molecule has 0 saturated heterocycles. The number of halogens is 6. The van der Waals surface area contributed by atoms with Crippen molar-refractivity contribution in [2.75, 3.05) is 0 Å². The van der Waals surface area contributed by atoms with E-state index in [2.05, 4.69) is 103 Å². The Morgan fingerprint density at radius 2 is 0.509 bits per heavy atom. The second-order valence-electron chi connectivity index (χ2n) is 8.69. The molecule has 0 aliphatic carbocycles. The van der Waals surface area contributed by atoms with Gasteiger partial charge < -0.3 is 0 Å². The Morgan fingerprint density at radius 3 is 0.782 bits per heavy atom. The predicted octanol–water partition coefficient (Wildman–Crippen LogP) is 7.46. The molecule has 312 valence electrons. The fourth-order valence-electron chi connectivity index (χ4n) is 2.93. The summed E-state index contributed by atoms with van der Waals surface area (Å²) in [5, 5.41) is 0. The summed E-state index contributed by atoms with van der Waals surface area (Å²) in [5.74, 6) is 0. The Bertz CT molecular complexity index is 1750. The molecule has 55 heavy (non-hydrogen) atoms. The Labute approximate surface area is 311 Å². The fourth-order valence-corrected chi connectivity index (χ4v) is 3.77. The van der Waals surface area contributed by atoms with Crippen LogP contribution in [0, 0.1) is 0 Å². The molecule has 0 amide bonds. The van der Waals surface area contributed by atoms with Crippen LogP contribution in [-0.4, -0.2) is 58.7 Å². The molecular formula is C24H30F6O18P6S. The second kappa shape index (κ2) is 26.6. The van der Waals surface area contributed by atoms with E-state index in [1.807, 2.05) is 6.07 Å². The normalized spacial score (nSPS) is 11.2. The Morgan fingerprint density at radius 1 is 0.309 bits per heavy atom. The van der Waals surface area contributed by atoms with E-state index >= 15 is 0 Å². The third-order valence-corrected chi connectivity index (χ3v) is 5.17. The summed E-state index contributed by atoms with van der Waals surface area (Å²) in [7, 11) is -30.8. The van der Waals surface area contributed by atoms with Crippen molar-refractivity contribution in [1.82, 2.24) is 0 Å². The lowest BCUT2D eigenvalue weighted by Crippen LogP contribution is -1.85. The van der Waals surface area contributed by atoms with Gasteiger partial charge in [0.25, 0.3) is 0 Å². The lowest BCUT2D eigenvalue weighted by molar-refractivity contribution is 0.320.